The van der Waals surface area contributed by atoms with Crippen molar-refractivity contribution in [3.8, 4) is 0 Å². The standard InChI is InChI=1S/C17H22ClN7O.2ClH/c18-13-1-2-16(20-11-13)23-7-9-24(10-8-23)17(26)15-12-25(22-21-15)14-3-5-19-6-4-14;;/h1-2,11-12,14,19H,3-10H2;2*1H. The molecule has 2 fully saturated rings. The van der Waals surface area contributed by atoms with Crippen LogP contribution < -0.4 is 10.2 Å². The summed E-state index contributed by atoms with van der Waals surface area (Å²) < 4.78 is 1.85. The van der Waals surface area contributed by atoms with Gasteiger partial charge in [-0.25, -0.2) is 9.67 Å². The van der Waals surface area contributed by atoms with Crippen molar-refractivity contribution in [2.45, 2.75) is 18.9 Å². The van der Waals surface area contributed by atoms with Gasteiger partial charge in [-0.2, -0.15) is 0 Å². The van der Waals surface area contributed by atoms with Crippen molar-refractivity contribution in [2.75, 3.05) is 44.2 Å². The van der Waals surface area contributed by atoms with Crippen LogP contribution in [-0.4, -0.2) is 70.1 Å². The number of hydrogen-bond acceptors (Lipinski definition) is 6. The summed E-state index contributed by atoms with van der Waals surface area (Å²) in [6, 6.07) is 4.07. The van der Waals surface area contributed by atoms with Gasteiger partial charge in [-0.3, -0.25) is 4.79 Å². The molecule has 2 aliphatic rings. The number of amides is 1. The summed E-state index contributed by atoms with van der Waals surface area (Å²) in [6.45, 7) is 4.72. The summed E-state index contributed by atoms with van der Waals surface area (Å²) in [6.07, 6.45) is 5.48. The molecule has 8 nitrogen and oxygen atoms in total. The molecule has 28 heavy (non-hydrogen) atoms. The highest BCUT2D eigenvalue weighted by atomic mass is 35.5. The maximum atomic E-state index is 12.7. The van der Waals surface area contributed by atoms with Crippen molar-refractivity contribution in [3.63, 3.8) is 0 Å². The van der Waals surface area contributed by atoms with Gasteiger partial charge in [-0.15, -0.1) is 29.9 Å². The van der Waals surface area contributed by atoms with E-state index in [4.69, 9.17) is 11.6 Å². The molecule has 2 saturated heterocycles. The first-order valence-corrected chi connectivity index (χ1v) is 9.37. The topological polar surface area (TPSA) is 79.2 Å². The summed E-state index contributed by atoms with van der Waals surface area (Å²) in [5.74, 6) is 0.840. The Bertz CT molecular complexity index is 756. The normalized spacial score (nSPS) is 17.6. The molecule has 0 saturated carbocycles. The minimum absolute atomic E-state index is 0. The number of anilines is 1. The second-order valence-corrected chi connectivity index (χ2v) is 7.12. The van der Waals surface area contributed by atoms with Gasteiger partial charge in [0.25, 0.3) is 5.91 Å². The predicted molar refractivity (Wildman–Crippen MR) is 113 cm³/mol. The van der Waals surface area contributed by atoms with Crippen molar-refractivity contribution in [3.05, 3.63) is 35.2 Å². The van der Waals surface area contributed by atoms with E-state index in [-0.39, 0.29) is 30.7 Å². The number of piperazine rings is 1. The zero-order valence-electron chi connectivity index (χ0n) is 15.3. The van der Waals surface area contributed by atoms with E-state index in [2.05, 4.69) is 25.5 Å². The number of nitrogens with one attached hydrogen (secondary N) is 1. The van der Waals surface area contributed by atoms with Gasteiger partial charge in [-0.1, -0.05) is 16.8 Å². The Morgan fingerprint density at radius 3 is 2.46 bits per heavy atom. The second kappa shape index (κ2) is 10.2. The van der Waals surface area contributed by atoms with Crippen LogP contribution >= 0.6 is 36.4 Å². The van der Waals surface area contributed by atoms with E-state index < -0.39 is 0 Å². The molecule has 2 aliphatic heterocycles. The summed E-state index contributed by atoms with van der Waals surface area (Å²) in [7, 11) is 0. The van der Waals surface area contributed by atoms with Gasteiger partial charge in [0.05, 0.1) is 17.3 Å². The first kappa shape index (κ1) is 22.7. The van der Waals surface area contributed by atoms with Gasteiger partial charge < -0.3 is 15.1 Å². The highest BCUT2D eigenvalue weighted by molar-refractivity contribution is 6.30. The summed E-state index contributed by atoms with van der Waals surface area (Å²) >= 11 is 5.89. The SMILES string of the molecule is Cl.Cl.O=C(c1cn(C2CCNCC2)nn1)N1CCN(c2ccc(Cl)cn2)CC1. The van der Waals surface area contributed by atoms with E-state index in [1.54, 1.807) is 12.4 Å². The van der Waals surface area contributed by atoms with Gasteiger partial charge in [0.15, 0.2) is 5.69 Å². The number of hydrogen-bond donors (Lipinski definition) is 1. The summed E-state index contributed by atoms with van der Waals surface area (Å²) in [5, 5.41) is 12.3. The van der Waals surface area contributed by atoms with E-state index in [1.165, 1.54) is 0 Å². The molecule has 0 aromatic carbocycles. The first-order chi connectivity index (χ1) is 12.7. The molecule has 0 bridgehead atoms. The van der Waals surface area contributed by atoms with Crippen molar-refractivity contribution in [2.24, 2.45) is 0 Å². The van der Waals surface area contributed by atoms with E-state index in [0.29, 0.717) is 29.8 Å². The van der Waals surface area contributed by atoms with Gasteiger partial charge in [0, 0.05) is 32.4 Å². The van der Waals surface area contributed by atoms with Crippen LogP contribution in [0.15, 0.2) is 24.5 Å². The molecule has 0 spiro atoms. The van der Waals surface area contributed by atoms with E-state index in [1.807, 2.05) is 21.7 Å². The molecule has 0 unspecified atom stereocenters. The predicted octanol–water partition coefficient (Wildman–Crippen LogP) is 2.06. The molecular weight excluding hydrogens is 425 g/mol. The fourth-order valence-corrected chi connectivity index (χ4v) is 3.59. The Hall–Kier alpha value is -1.61. The first-order valence-electron chi connectivity index (χ1n) is 8.99. The third-order valence-corrected chi connectivity index (χ3v) is 5.24. The molecule has 4 heterocycles. The molecule has 11 heteroatoms. The zero-order chi connectivity index (χ0) is 17.9. The number of carbonyl (C=O) groups excluding carboxylic acids is 1. The van der Waals surface area contributed by atoms with Crippen molar-refractivity contribution < 1.29 is 4.79 Å². The smallest absolute Gasteiger partial charge is 0.276 e. The van der Waals surface area contributed by atoms with Crippen LogP contribution in [0.5, 0.6) is 0 Å². The fourth-order valence-electron chi connectivity index (χ4n) is 3.48. The van der Waals surface area contributed by atoms with Crippen LogP contribution in [-0.2, 0) is 0 Å². The molecule has 2 aromatic rings. The Balaban J connectivity index is 0.00000140. The maximum absolute atomic E-state index is 12.7. The van der Waals surface area contributed by atoms with Crippen LogP contribution in [0.3, 0.4) is 0 Å². The van der Waals surface area contributed by atoms with Crippen molar-refractivity contribution >= 4 is 48.1 Å². The monoisotopic (exact) mass is 447 g/mol. The van der Waals surface area contributed by atoms with Gasteiger partial charge in [-0.05, 0) is 38.1 Å². The minimum Gasteiger partial charge on any atom is -0.353 e. The lowest BCUT2D eigenvalue weighted by atomic mass is 10.1. The molecule has 4 rings (SSSR count). The largest absolute Gasteiger partial charge is 0.353 e. The molecule has 1 amide bonds. The van der Waals surface area contributed by atoms with Crippen LogP contribution in [0.2, 0.25) is 5.02 Å². The molecule has 0 aliphatic carbocycles. The highest BCUT2D eigenvalue weighted by Crippen LogP contribution is 2.19. The van der Waals surface area contributed by atoms with Gasteiger partial charge >= 0.3 is 0 Å². The van der Waals surface area contributed by atoms with Crippen LogP contribution in [0.1, 0.15) is 29.4 Å². The number of pyridine rings is 1. The van der Waals surface area contributed by atoms with Crippen molar-refractivity contribution in [1.29, 1.82) is 0 Å². The number of rotatable bonds is 3. The third kappa shape index (κ3) is 5.05. The molecule has 1 N–H and O–H groups in total. The van der Waals surface area contributed by atoms with E-state index in [0.717, 1.165) is 44.8 Å². The molecule has 2 aromatic heterocycles. The van der Waals surface area contributed by atoms with Crippen LogP contribution in [0.4, 0.5) is 5.82 Å². The summed E-state index contributed by atoms with van der Waals surface area (Å²) in [5.41, 5.74) is 0.432. The average molecular weight is 449 g/mol. The fraction of sp³-hybridized carbons (Fsp3) is 0.529. The van der Waals surface area contributed by atoms with E-state index >= 15 is 0 Å². The number of halogens is 3. The number of carbonyl (C=O) groups is 1. The van der Waals surface area contributed by atoms with Gasteiger partial charge in [0.1, 0.15) is 5.82 Å². The van der Waals surface area contributed by atoms with E-state index in [9.17, 15) is 4.79 Å². The Kier molecular flexibility index (Phi) is 8.30. The van der Waals surface area contributed by atoms with Crippen LogP contribution in [0, 0.1) is 0 Å². The lowest BCUT2D eigenvalue weighted by molar-refractivity contribution is 0.0740. The number of piperidine rings is 1. The molecule has 154 valence electrons. The summed E-state index contributed by atoms with van der Waals surface area (Å²) in [4.78, 5) is 21.1. The average Bonchev–Trinajstić information content (AvgIpc) is 3.19. The Morgan fingerprint density at radius 2 is 1.82 bits per heavy atom. The second-order valence-electron chi connectivity index (χ2n) is 6.68. The molecular formula is C17H24Cl3N7O. The number of aromatic nitrogens is 4. The molecule has 0 atom stereocenters. The number of nitrogens with zero attached hydrogens (tertiary/aromatic N) is 6. The Morgan fingerprint density at radius 1 is 1.11 bits per heavy atom. The lowest BCUT2D eigenvalue weighted by Crippen LogP contribution is -2.49. The third-order valence-electron chi connectivity index (χ3n) is 5.01. The maximum Gasteiger partial charge on any atom is 0.276 e. The minimum atomic E-state index is -0.0473. The highest BCUT2D eigenvalue weighted by Gasteiger charge is 2.26. The zero-order valence-corrected chi connectivity index (χ0v) is 17.7. The molecule has 0 radical (unpaired) electrons. The van der Waals surface area contributed by atoms with Crippen LogP contribution in [0.25, 0.3) is 0 Å². The quantitative estimate of drug-likeness (QED) is 0.774. The van der Waals surface area contributed by atoms with Gasteiger partial charge in [0.2, 0.25) is 0 Å². The Labute approximate surface area is 181 Å². The lowest BCUT2D eigenvalue weighted by Gasteiger charge is -2.35. The van der Waals surface area contributed by atoms with Crippen molar-refractivity contribution in [1.82, 2.24) is 30.2 Å².